The van der Waals surface area contributed by atoms with Crippen molar-refractivity contribution < 1.29 is 32.4 Å². The zero-order valence-corrected chi connectivity index (χ0v) is 14.7. The first kappa shape index (κ1) is 20.0. The average Bonchev–Trinajstić information content (AvgIpc) is 2.61. The molecule has 1 aliphatic rings. The fourth-order valence-electron chi connectivity index (χ4n) is 2.89. The lowest BCUT2D eigenvalue weighted by Gasteiger charge is -2.34. The molecule has 9 heteroatoms. The van der Waals surface area contributed by atoms with Gasteiger partial charge in [-0.2, -0.15) is 13.2 Å². The Morgan fingerprint density at radius 3 is 2.46 bits per heavy atom. The fraction of sp³-hybridized carbons (Fsp3) is 0.529. The number of rotatable bonds is 4. The second-order valence-electron chi connectivity index (χ2n) is 6.10. The van der Waals surface area contributed by atoms with Crippen molar-refractivity contribution in [3.63, 3.8) is 0 Å². The van der Waals surface area contributed by atoms with Crippen molar-refractivity contribution in [1.82, 2.24) is 4.90 Å². The van der Waals surface area contributed by atoms with Gasteiger partial charge in [-0.15, -0.1) is 0 Å². The van der Waals surface area contributed by atoms with Gasteiger partial charge in [0.1, 0.15) is 0 Å². The molecule has 1 aromatic carbocycles. The van der Waals surface area contributed by atoms with E-state index >= 15 is 0 Å². The van der Waals surface area contributed by atoms with Crippen molar-refractivity contribution in [1.29, 1.82) is 0 Å². The summed E-state index contributed by atoms with van der Waals surface area (Å²) in [5.41, 5.74) is -1.12. The van der Waals surface area contributed by atoms with Crippen LogP contribution >= 0.6 is 0 Å². The number of carbonyl (C=O) groups excluding carboxylic acids is 2. The molecule has 0 spiro atoms. The third-order valence-electron chi connectivity index (χ3n) is 4.43. The number of benzene rings is 1. The minimum Gasteiger partial charge on any atom is -0.450 e. The van der Waals surface area contributed by atoms with E-state index in [1.807, 2.05) is 0 Å². The predicted octanol–water partition coefficient (Wildman–Crippen LogP) is 1.39. The maximum Gasteiger partial charge on any atom is 0.418 e. The number of para-hydroxylation sites is 1. The maximum absolute atomic E-state index is 13.0. The van der Waals surface area contributed by atoms with Crippen LogP contribution in [0.15, 0.2) is 24.3 Å². The van der Waals surface area contributed by atoms with Crippen LogP contribution in [0, 0.1) is 0 Å². The highest BCUT2D eigenvalue weighted by Gasteiger charge is 2.35. The van der Waals surface area contributed by atoms with Crippen molar-refractivity contribution in [2.24, 2.45) is 0 Å². The third-order valence-corrected chi connectivity index (χ3v) is 4.43. The summed E-state index contributed by atoms with van der Waals surface area (Å²) in [6, 6.07) is 4.36. The number of anilines is 1. The molecule has 1 aromatic rings. The van der Waals surface area contributed by atoms with Gasteiger partial charge in [0, 0.05) is 0 Å². The molecule has 26 heavy (non-hydrogen) atoms. The molecule has 6 nitrogen and oxygen atoms in total. The van der Waals surface area contributed by atoms with Gasteiger partial charge in [0.25, 0.3) is 5.91 Å². The summed E-state index contributed by atoms with van der Waals surface area (Å²) in [6.07, 6.45) is -4.92. The van der Waals surface area contributed by atoms with Gasteiger partial charge >= 0.3 is 12.3 Å². The summed E-state index contributed by atoms with van der Waals surface area (Å²) in [7, 11) is 0. The molecule has 1 saturated heterocycles. The molecule has 1 atom stereocenters. The Morgan fingerprint density at radius 2 is 1.88 bits per heavy atom. The second kappa shape index (κ2) is 8.39. The highest BCUT2D eigenvalue weighted by Crippen LogP contribution is 2.34. The van der Waals surface area contributed by atoms with E-state index in [2.05, 4.69) is 5.32 Å². The Hall–Kier alpha value is -2.29. The lowest BCUT2D eigenvalue weighted by molar-refractivity contribution is -0.917. The summed E-state index contributed by atoms with van der Waals surface area (Å²) in [4.78, 5) is 26.6. The molecule has 1 aliphatic heterocycles. The number of alkyl halides is 3. The number of nitrogens with zero attached hydrogens (tertiary/aromatic N) is 1. The number of carbonyl (C=O) groups is 2. The topological polar surface area (TPSA) is 63.1 Å². The largest absolute Gasteiger partial charge is 0.450 e. The molecular formula is C17H23F3N3O3+. The predicted molar refractivity (Wildman–Crippen MR) is 88.8 cm³/mol. The van der Waals surface area contributed by atoms with Crippen LogP contribution in [0.5, 0.6) is 0 Å². The van der Waals surface area contributed by atoms with Gasteiger partial charge in [-0.3, -0.25) is 9.69 Å². The number of hydrogen-bond donors (Lipinski definition) is 2. The lowest BCUT2D eigenvalue weighted by atomic mass is 10.1. The highest BCUT2D eigenvalue weighted by atomic mass is 19.4. The quantitative estimate of drug-likeness (QED) is 0.837. The van der Waals surface area contributed by atoms with E-state index in [-0.39, 0.29) is 11.8 Å². The van der Waals surface area contributed by atoms with Gasteiger partial charge in [0.15, 0.2) is 6.04 Å². The Labute approximate surface area is 149 Å². The van der Waals surface area contributed by atoms with Crippen LogP contribution in [0.1, 0.15) is 19.4 Å². The number of piperazine rings is 1. The van der Waals surface area contributed by atoms with Crippen molar-refractivity contribution in [2.45, 2.75) is 26.1 Å². The molecule has 0 saturated carbocycles. The normalized spacial score (nSPS) is 16.9. The minimum atomic E-state index is -4.54. The van der Waals surface area contributed by atoms with Gasteiger partial charge in [-0.05, 0) is 26.0 Å². The zero-order chi connectivity index (χ0) is 19.3. The standard InChI is InChI=1S/C17H22F3N3O3/c1-3-26-16(25)23-10-8-22(9-11-23)12(2)15(24)21-14-7-5-4-6-13(14)17(18,19)20/h4-7,12H,3,8-11H2,1-2H3,(H,21,24)/p+1/t12-/m1/s1. The van der Waals surface area contributed by atoms with E-state index in [1.54, 1.807) is 18.7 Å². The molecule has 2 amide bonds. The van der Waals surface area contributed by atoms with Crippen LogP contribution in [-0.2, 0) is 15.7 Å². The van der Waals surface area contributed by atoms with Gasteiger partial charge in [-0.25, -0.2) is 4.79 Å². The molecule has 0 radical (unpaired) electrons. The number of quaternary nitrogens is 1. The number of nitrogens with one attached hydrogen (secondary N) is 2. The van der Waals surface area contributed by atoms with Crippen molar-refractivity contribution in [3.05, 3.63) is 29.8 Å². The van der Waals surface area contributed by atoms with E-state index in [0.29, 0.717) is 32.8 Å². The number of ether oxygens (including phenoxy) is 1. The molecule has 0 unspecified atom stereocenters. The van der Waals surface area contributed by atoms with Crippen LogP contribution in [0.4, 0.5) is 23.7 Å². The van der Waals surface area contributed by atoms with Crippen LogP contribution in [0.3, 0.4) is 0 Å². The first-order chi connectivity index (χ1) is 12.2. The third kappa shape index (κ3) is 4.87. The highest BCUT2D eigenvalue weighted by molar-refractivity contribution is 5.94. The van der Waals surface area contributed by atoms with E-state index in [4.69, 9.17) is 4.74 Å². The van der Waals surface area contributed by atoms with Crippen LogP contribution in [0.2, 0.25) is 0 Å². The molecule has 2 rings (SSSR count). The molecular weight excluding hydrogens is 351 g/mol. The fourth-order valence-corrected chi connectivity index (χ4v) is 2.89. The molecule has 0 aliphatic carbocycles. The van der Waals surface area contributed by atoms with E-state index in [1.165, 1.54) is 18.2 Å². The van der Waals surface area contributed by atoms with Crippen molar-refractivity contribution in [2.75, 3.05) is 38.1 Å². The van der Waals surface area contributed by atoms with E-state index < -0.39 is 23.7 Å². The molecule has 144 valence electrons. The van der Waals surface area contributed by atoms with Gasteiger partial charge in [-0.1, -0.05) is 12.1 Å². The van der Waals surface area contributed by atoms with Crippen LogP contribution < -0.4 is 10.2 Å². The number of amides is 2. The Balaban J connectivity index is 1.96. The maximum atomic E-state index is 13.0. The van der Waals surface area contributed by atoms with E-state index in [0.717, 1.165) is 11.0 Å². The number of halogens is 3. The molecule has 2 N–H and O–H groups in total. The zero-order valence-electron chi connectivity index (χ0n) is 14.7. The van der Waals surface area contributed by atoms with Gasteiger partial charge < -0.3 is 15.0 Å². The Kier molecular flexibility index (Phi) is 6.47. The average molecular weight is 374 g/mol. The minimum absolute atomic E-state index is 0.249. The first-order valence-corrected chi connectivity index (χ1v) is 8.47. The van der Waals surface area contributed by atoms with Crippen molar-refractivity contribution in [3.8, 4) is 0 Å². The van der Waals surface area contributed by atoms with Crippen molar-refractivity contribution >= 4 is 17.7 Å². The molecule has 1 heterocycles. The Bertz CT molecular complexity index is 644. The molecule has 1 fully saturated rings. The SMILES string of the molecule is CCOC(=O)N1CC[NH+]([C@H](C)C(=O)Nc2ccccc2C(F)(F)F)CC1. The van der Waals surface area contributed by atoms with Crippen LogP contribution in [-0.4, -0.2) is 55.7 Å². The van der Waals surface area contributed by atoms with Crippen LogP contribution in [0.25, 0.3) is 0 Å². The summed E-state index contributed by atoms with van der Waals surface area (Å²) >= 11 is 0. The molecule has 0 aromatic heterocycles. The van der Waals surface area contributed by atoms with Gasteiger partial charge in [0.05, 0.1) is 44.0 Å². The summed E-state index contributed by atoms with van der Waals surface area (Å²) in [5, 5.41) is 2.38. The monoisotopic (exact) mass is 374 g/mol. The molecule has 0 bridgehead atoms. The van der Waals surface area contributed by atoms with Gasteiger partial charge in [0.2, 0.25) is 0 Å². The first-order valence-electron chi connectivity index (χ1n) is 8.47. The summed E-state index contributed by atoms with van der Waals surface area (Å²) in [6.45, 7) is 5.60. The smallest absolute Gasteiger partial charge is 0.418 e. The lowest BCUT2D eigenvalue weighted by Crippen LogP contribution is -3.19. The Morgan fingerprint density at radius 1 is 1.27 bits per heavy atom. The summed E-state index contributed by atoms with van der Waals surface area (Å²) < 4.78 is 44.0. The number of hydrogen-bond acceptors (Lipinski definition) is 3. The second-order valence-corrected chi connectivity index (χ2v) is 6.10. The van der Waals surface area contributed by atoms with E-state index in [9.17, 15) is 22.8 Å². The summed E-state index contributed by atoms with van der Waals surface area (Å²) in [5.74, 6) is -0.485.